The van der Waals surface area contributed by atoms with Gasteiger partial charge < -0.3 is 9.88 Å². The third-order valence-electron chi connectivity index (χ3n) is 5.36. The summed E-state index contributed by atoms with van der Waals surface area (Å²) in [7, 11) is 2.05. The number of fused-ring (bicyclic) bond motifs is 2. The summed E-state index contributed by atoms with van der Waals surface area (Å²) in [6.07, 6.45) is 8.02. The van der Waals surface area contributed by atoms with Crippen molar-refractivity contribution >= 4 is 5.95 Å². The van der Waals surface area contributed by atoms with E-state index in [9.17, 15) is 0 Å². The van der Waals surface area contributed by atoms with Crippen molar-refractivity contribution in [1.29, 1.82) is 0 Å². The monoisotopic (exact) mass is 233 g/mol. The highest BCUT2D eigenvalue weighted by Gasteiger charge is 2.59. The summed E-state index contributed by atoms with van der Waals surface area (Å²) in [5.74, 6) is 1.89. The van der Waals surface area contributed by atoms with E-state index in [1.807, 2.05) is 12.4 Å². The number of nitrogens with zero attached hydrogens (tertiary/aromatic N) is 2. The number of anilines is 1. The van der Waals surface area contributed by atoms with E-state index >= 15 is 0 Å². The Bertz CT molecular complexity index is 430. The van der Waals surface area contributed by atoms with E-state index in [0.717, 1.165) is 11.9 Å². The molecule has 2 bridgehead atoms. The van der Waals surface area contributed by atoms with Crippen molar-refractivity contribution in [2.45, 2.75) is 46.1 Å². The van der Waals surface area contributed by atoms with Gasteiger partial charge in [-0.15, -0.1) is 0 Å². The highest BCUT2D eigenvalue weighted by molar-refractivity contribution is 5.32. The van der Waals surface area contributed by atoms with Gasteiger partial charge in [0, 0.05) is 25.5 Å². The number of aromatic nitrogens is 2. The molecule has 3 rings (SSSR count). The quantitative estimate of drug-likeness (QED) is 0.851. The highest BCUT2D eigenvalue weighted by atomic mass is 15.2. The SMILES string of the molecule is Cn1ccnc1NC1C2(C)CCC(C2)C1(C)C. The van der Waals surface area contributed by atoms with Crippen LogP contribution in [0.15, 0.2) is 12.4 Å². The molecule has 3 unspecified atom stereocenters. The summed E-state index contributed by atoms with van der Waals surface area (Å²) >= 11 is 0. The van der Waals surface area contributed by atoms with Crippen LogP contribution in [0, 0.1) is 16.7 Å². The van der Waals surface area contributed by atoms with Gasteiger partial charge in [0.2, 0.25) is 5.95 Å². The van der Waals surface area contributed by atoms with Crippen LogP contribution < -0.4 is 5.32 Å². The van der Waals surface area contributed by atoms with Crippen molar-refractivity contribution < 1.29 is 0 Å². The lowest BCUT2D eigenvalue weighted by molar-refractivity contribution is 0.154. The third kappa shape index (κ3) is 1.44. The van der Waals surface area contributed by atoms with Gasteiger partial charge in [0.1, 0.15) is 0 Å². The largest absolute Gasteiger partial charge is 0.352 e. The van der Waals surface area contributed by atoms with Crippen LogP contribution in [-0.2, 0) is 7.05 Å². The van der Waals surface area contributed by atoms with E-state index < -0.39 is 0 Å². The Balaban J connectivity index is 1.90. The van der Waals surface area contributed by atoms with Crippen molar-refractivity contribution in [2.24, 2.45) is 23.8 Å². The lowest BCUT2D eigenvalue weighted by atomic mass is 9.68. The second-order valence-electron chi connectivity index (χ2n) is 6.85. The highest BCUT2D eigenvalue weighted by Crippen LogP contribution is 2.62. The van der Waals surface area contributed by atoms with Gasteiger partial charge in [-0.25, -0.2) is 4.98 Å². The number of hydrogen-bond donors (Lipinski definition) is 1. The fraction of sp³-hybridized carbons (Fsp3) is 0.786. The number of nitrogens with one attached hydrogen (secondary N) is 1. The maximum Gasteiger partial charge on any atom is 0.202 e. The molecular weight excluding hydrogens is 210 g/mol. The van der Waals surface area contributed by atoms with E-state index in [1.165, 1.54) is 19.3 Å². The number of imidazole rings is 1. The molecule has 3 atom stereocenters. The molecule has 0 spiro atoms. The van der Waals surface area contributed by atoms with Gasteiger partial charge in [-0.3, -0.25) is 0 Å². The third-order valence-corrected chi connectivity index (χ3v) is 5.36. The number of hydrogen-bond acceptors (Lipinski definition) is 2. The van der Waals surface area contributed by atoms with E-state index in [-0.39, 0.29) is 0 Å². The van der Waals surface area contributed by atoms with Crippen molar-refractivity contribution in [3.05, 3.63) is 12.4 Å². The first-order valence-corrected chi connectivity index (χ1v) is 6.67. The summed E-state index contributed by atoms with van der Waals surface area (Å²) in [5, 5.41) is 3.70. The van der Waals surface area contributed by atoms with E-state index in [4.69, 9.17) is 0 Å². The molecule has 2 aliphatic rings. The predicted octanol–water partition coefficient (Wildman–Crippen LogP) is 3.05. The Morgan fingerprint density at radius 3 is 2.71 bits per heavy atom. The van der Waals surface area contributed by atoms with Gasteiger partial charge in [-0.1, -0.05) is 20.8 Å². The van der Waals surface area contributed by atoms with Crippen molar-refractivity contribution in [3.63, 3.8) is 0 Å². The van der Waals surface area contributed by atoms with E-state index in [2.05, 4.69) is 42.7 Å². The first kappa shape index (κ1) is 11.1. The molecule has 1 heterocycles. The van der Waals surface area contributed by atoms with Gasteiger partial charge in [-0.05, 0) is 36.0 Å². The van der Waals surface area contributed by atoms with Crippen LogP contribution in [0.1, 0.15) is 40.0 Å². The van der Waals surface area contributed by atoms with Crippen LogP contribution in [0.4, 0.5) is 5.95 Å². The Hall–Kier alpha value is -0.990. The van der Waals surface area contributed by atoms with Crippen LogP contribution in [-0.4, -0.2) is 15.6 Å². The lowest BCUT2D eigenvalue weighted by Crippen LogP contribution is -2.46. The molecule has 0 saturated heterocycles. The van der Waals surface area contributed by atoms with Crippen LogP contribution in [0.2, 0.25) is 0 Å². The van der Waals surface area contributed by atoms with Gasteiger partial charge in [0.15, 0.2) is 0 Å². The molecule has 2 fully saturated rings. The van der Waals surface area contributed by atoms with Crippen LogP contribution in [0.25, 0.3) is 0 Å². The summed E-state index contributed by atoms with van der Waals surface area (Å²) in [4.78, 5) is 4.41. The summed E-state index contributed by atoms with van der Waals surface area (Å²) in [6.45, 7) is 7.29. The summed E-state index contributed by atoms with van der Waals surface area (Å²) in [5.41, 5.74) is 0.846. The van der Waals surface area contributed by atoms with Crippen molar-refractivity contribution in [3.8, 4) is 0 Å². The number of aryl methyl sites for hydroxylation is 1. The van der Waals surface area contributed by atoms with Gasteiger partial charge >= 0.3 is 0 Å². The molecule has 2 aliphatic carbocycles. The van der Waals surface area contributed by atoms with Crippen LogP contribution in [0.5, 0.6) is 0 Å². The minimum Gasteiger partial charge on any atom is -0.352 e. The molecule has 94 valence electrons. The minimum absolute atomic E-state index is 0.388. The van der Waals surface area contributed by atoms with Crippen LogP contribution >= 0.6 is 0 Å². The van der Waals surface area contributed by atoms with E-state index in [0.29, 0.717) is 16.9 Å². The first-order valence-electron chi connectivity index (χ1n) is 6.67. The van der Waals surface area contributed by atoms with Crippen molar-refractivity contribution in [1.82, 2.24) is 9.55 Å². The Morgan fingerprint density at radius 1 is 1.41 bits per heavy atom. The minimum atomic E-state index is 0.388. The molecule has 1 N–H and O–H groups in total. The molecule has 0 aliphatic heterocycles. The lowest BCUT2D eigenvalue weighted by Gasteiger charge is -2.43. The zero-order valence-electron chi connectivity index (χ0n) is 11.3. The fourth-order valence-electron chi connectivity index (χ4n) is 4.30. The Kier molecular flexibility index (Phi) is 2.14. The average molecular weight is 233 g/mol. The normalized spacial score (nSPS) is 38.6. The molecule has 2 saturated carbocycles. The zero-order valence-corrected chi connectivity index (χ0v) is 11.3. The van der Waals surface area contributed by atoms with Crippen LogP contribution in [0.3, 0.4) is 0 Å². The topological polar surface area (TPSA) is 29.9 Å². The Labute approximate surface area is 104 Å². The van der Waals surface area contributed by atoms with Gasteiger partial charge in [-0.2, -0.15) is 0 Å². The molecular formula is C14H23N3. The molecule has 0 aromatic carbocycles. The van der Waals surface area contributed by atoms with E-state index in [1.54, 1.807) is 0 Å². The molecule has 3 heteroatoms. The first-order chi connectivity index (χ1) is 7.93. The maximum absolute atomic E-state index is 4.41. The maximum atomic E-state index is 4.41. The molecule has 17 heavy (non-hydrogen) atoms. The standard InChI is InChI=1S/C14H23N3/c1-13(2)10-5-6-14(3,9-10)11(13)16-12-15-7-8-17(12)4/h7-8,10-11H,5-6,9H2,1-4H3,(H,15,16). The molecule has 3 nitrogen and oxygen atoms in total. The van der Waals surface area contributed by atoms with Crippen molar-refractivity contribution in [2.75, 3.05) is 5.32 Å². The predicted molar refractivity (Wildman–Crippen MR) is 69.8 cm³/mol. The summed E-state index contributed by atoms with van der Waals surface area (Å²) in [6, 6.07) is 0.551. The second kappa shape index (κ2) is 3.27. The molecule has 1 aromatic heterocycles. The van der Waals surface area contributed by atoms with Gasteiger partial charge in [0.05, 0.1) is 0 Å². The number of rotatable bonds is 2. The molecule has 0 amide bonds. The molecule has 1 aromatic rings. The summed E-state index contributed by atoms with van der Waals surface area (Å²) < 4.78 is 2.07. The second-order valence-corrected chi connectivity index (χ2v) is 6.85. The Morgan fingerprint density at radius 2 is 2.18 bits per heavy atom. The zero-order chi connectivity index (χ0) is 12.3. The smallest absolute Gasteiger partial charge is 0.202 e. The fourth-order valence-corrected chi connectivity index (χ4v) is 4.30. The average Bonchev–Trinajstić information content (AvgIpc) is 2.85. The van der Waals surface area contributed by atoms with Gasteiger partial charge in [0.25, 0.3) is 0 Å². The molecule has 0 radical (unpaired) electrons.